The molecule has 2 fully saturated rings. The average molecular weight is 252 g/mol. The quantitative estimate of drug-likeness (QED) is 0.788. The first kappa shape index (κ1) is 13.9. The van der Waals surface area contributed by atoms with E-state index in [1.807, 2.05) is 0 Å². The topological polar surface area (TPSA) is 32.3 Å². The van der Waals surface area contributed by atoms with Gasteiger partial charge in [-0.3, -0.25) is 4.79 Å². The number of carbonyl (C=O) groups excluding carboxylic acids is 1. The van der Waals surface area contributed by atoms with E-state index in [0.717, 1.165) is 31.7 Å². The molecule has 0 spiro atoms. The van der Waals surface area contributed by atoms with Crippen LogP contribution < -0.4 is 5.32 Å². The van der Waals surface area contributed by atoms with Gasteiger partial charge in [0, 0.05) is 18.6 Å². The summed E-state index contributed by atoms with van der Waals surface area (Å²) in [5.74, 6) is 1.08. The zero-order chi connectivity index (χ0) is 13.1. The molecular weight excluding hydrogens is 224 g/mol. The van der Waals surface area contributed by atoms with Crippen LogP contribution in [0.25, 0.3) is 0 Å². The third kappa shape index (κ3) is 3.71. The van der Waals surface area contributed by atoms with E-state index in [2.05, 4.69) is 31.0 Å². The van der Waals surface area contributed by atoms with E-state index in [1.165, 1.54) is 19.3 Å². The lowest BCUT2D eigenvalue weighted by Gasteiger charge is -2.37. The van der Waals surface area contributed by atoms with Gasteiger partial charge in [0.15, 0.2) is 0 Å². The summed E-state index contributed by atoms with van der Waals surface area (Å²) in [7, 11) is 0. The summed E-state index contributed by atoms with van der Waals surface area (Å²) in [5.41, 5.74) is 0. The lowest BCUT2D eigenvalue weighted by atomic mass is 9.98. The van der Waals surface area contributed by atoms with E-state index in [0.29, 0.717) is 18.0 Å². The van der Waals surface area contributed by atoms with Crippen molar-refractivity contribution in [3.05, 3.63) is 0 Å². The smallest absolute Gasteiger partial charge is 0.239 e. The molecule has 2 rings (SSSR count). The van der Waals surface area contributed by atoms with Crippen LogP contribution in [0.3, 0.4) is 0 Å². The number of likely N-dealkylation sites (tertiary alicyclic amines) is 1. The minimum absolute atomic E-state index is 0.104. The predicted octanol–water partition coefficient (Wildman–Crippen LogP) is 2.55. The summed E-state index contributed by atoms with van der Waals surface area (Å²) in [4.78, 5) is 14.6. The molecule has 0 radical (unpaired) electrons. The van der Waals surface area contributed by atoms with E-state index in [4.69, 9.17) is 0 Å². The Morgan fingerprint density at radius 3 is 2.56 bits per heavy atom. The van der Waals surface area contributed by atoms with Gasteiger partial charge in [0.2, 0.25) is 5.91 Å². The molecule has 2 aliphatic rings. The number of hydrogen-bond donors (Lipinski definition) is 1. The van der Waals surface area contributed by atoms with Gasteiger partial charge >= 0.3 is 0 Å². The number of hydrogen-bond acceptors (Lipinski definition) is 2. The molecule has 1 aliphatic heterocycles. The molecule has 3 heteroatoms. The van der Waals surface area contributed by atoms with Crippen LogP contribution in [0.2, 0.25) is 0 Å². The first-order valence-corrected chi connectivity index (χ1v) is 7.64. The predicted molar refractivity (Wildman–Crippen MR) is 74.4 cm³/mol. The van der Waals surface area contributed by atoms with E-state index >= 15 is 0 Å². The Morgan fingerprint density at radius 2 is 1.94 bits per heavy atom. The summed E-state index contributed by atoms with van der Waals surface area (Å²) in [6.45, 7) is 7.67. The molecule has 18 heavy (non-hydrogen) atoms. The molecule has 1 N–H and O–H groups in total. The summed E-state index contributed by atoms with van der Waals surface area (Å²) >= 11 is 0. The van der Waals surface area contributed by atoms with Crippen molar-refractivity contribution in [1.82, 2.24) is 10.2 Å². The number of piperidine rings is 1. The number of nitrogens with one attached hydrogen (secondary N) is 1. The minimum Gasteiger partial charge on any atom is -0.339 e. The lowest BCUT2D eigenvalue weighted by Crippen LogP contribution is -2.54. The van der Waals surface area contributed by atoms with Gasteiger partial charge in [0.1, 0.15) is 0 Å². The third-order valence-corrected chi connectivity index (χ3v) is 4.18. The van der Waals surface area contributed by atoms with E-state index in [-0.39, 0.29) is 6.04 Å². The molecular formula is C15H28N2O. The molecule has 0 aromatic rings. The first-order chi connectivity index (χ1) is 8.58. The van der Waals surface area contributed by atoms with Crippen LogP contribution in [0.4, 0.5) is 0 Å². The molecule has 0 aromatic heterocycles. The lowest BCUT2D eigenvalue weighted by molar-refractivity contribution is -0.138. The Bertz CT molecular complexity index is 286. The van der Waals surface area contributed by atoms with Crippen molar-refractivity contribution in [1.29, 1.82) is 0 Å². The summed E-state index contributed by atoms with van der Waals surface area (Å²) in [5, 5.41) is 3.50. The van der Waals surface area contributed by atoms with Crippen molar-refractivity contribution in [3.8, 4) is 0 Å². The molecule has 0 bridgehead atoms. The second kappa shape index (κ2) is 6.05. The second-order valence-corrected chi connectivity index (χ2v) is 6.49. The van der Waals surface area contributed by atoms with Crippen LogP contribution >= 0.6 is 0 Å². The molecule has 2 unspecified atom stereocenters. The van der Waals surface area contributed by atoms with Crippen LogP contribution in [0, 0.1) is 5.92 Å². The van der Waals surface area contributed by atoms with Gasteiger partial charge in [-0.15, -0.1) is 0 Å². The molecule has 3 nitrogen and oxygen atoms in total. The molecule has 1 amide bonds. The van der Waals surface area contributed by atoms with Crippen LogP contribution in [-0.2, 0) is 4.79 Å². The molecule has 1 heterocycles. The Balaban J connectivity index is 1.84. The Hall–Kier alpha value is -0.570. The SMILES string of the molecule is CC(C)CCC(C)N1CCCC(NC2CC2)C1=O. The molecule has 1 aliphatic carbocycles. The fraction of sp³-hybridized carbons (Fsp3) is 0.933. The van der Waals surface area contributed by atoms with Crippen molar-refractivity contribution in [3.63, 3.8) is 0 Å². The molecule has 1 saturated carbocycles. The van der Waals surface area contributed by atoms with Gasteiger partial charge in [-0.25, -0.2) is 0 Å². The van der Waals surface area contributed by atoms with Crippen LogP contribution in [0.5, 0.6) is 0 Å². The van der Waals surface area contributed by atoms with E-state index in [9.17, 15) is 4.79 Å². The molecule has 2 atom stereocenters. The van der Waals surface area contributed by atoms with Crippen molar-refractivity contribution in [2.45, 2.75) is 77.4 Å². The van der Waals surface area contributed by atoms with Gasteiger partial charge in [-0.1, -0.05) is 13.8 Å². The zero-order valence-electron chi connectivity index (χ0n) is 12.1. The van der Waals surface area contributed by atoms with Crippen molar-refractivity contribution in [2.75, 3.05) is 6.54 Å². The molecule has 0 aromatic carbocycles. The normalized spacial score (nSPS) is 26.8. The first-order valence-electron chi connectivity index (χ1n) is 7.64. The van der Waals surface area contributed by atoms with Crippen molar-refractivity contribution in [2.24, 2.45) is 5.92 Å². The minimum atomic E-state index is 0.104. The van der Waals surface area contributed by atoms with Crippen molar-refractivity contribution >= 4 is 5.91 Å². The highest BCUT2D eigenvalue weighted by atomic mass is 16.2. The average Bonchev–Trinajstić information content (AvgIpc) is 3.12. The van der Waals surface area contributed by atoms with E-state index in [1.54, 1.807) is 0 Å². The zero-order valence-corrected chi connectivity index (χ0v) is 12.1. The monoisotopic (exact) mass is 252 g/mol. The Kier molecular flexibility index (Phi) is 4.66. The van der Waals surface area contributed by atoms with Gasteiger partial charge in [-0.2, -0.15) is 0 Å². The fourth-order valence-corrected chi connectivity index (χ4v) is 2.76. The summed E-state index contributed by atoms with van der Waals surface area (Å²) in [6, 6.07) is 1.14. The highest BCUT2D eigenvalue weighted by molar-refractivity contribution is 5.83. The van der Waals surface area contributed by atoms with Gasteiger partial charge in [0.25, 0.3) is 0 Å². The number of carbonyl (C=O) groups is 1. The highest BCUT2D eigenvalue weighted by Crippen LogP contribution is 2.24. The van der Waals surface area contributed by atoms with Crippen LogP contribution in [-0.4, -0.2) is 35.5 Å². The standard InChI is InChI=1S/C15H28N2O/c1-11(2)6-7-12(3)17-10-4-5-14(15(17)18)16-13-8-9-13/h11-14,16H,4-10H2,1-3H3. The molecule has 104 valence electrons. The maximum atomic E-state index is 12.4. The second-order valence-electron chi connectivity index (χ2n) is 6.49. The number of nitrogens with zero attached hydrogens (tertiary/aromatic N) is 1. The van der Waals surface area contributed by atoms with Gasteiger partial charge in [-0.05, 0) is 51.4 Å². The third-order valence-electron chi connectivity index (χ3n) is 4.18. The maximum Gasteiger partial charge on any atom is 0.239 e. The summed E-state index contributed by atoms with van der Waals surface area (Å²) in [6.07, 6.45) is 7.05. The van der Waals surface area contributed by atoms with Gasteiger partial charge in [0.05, 0.1) is 6.04 Å². The maximum absolute atomic E-state index is 12.4. The van der Waals surface area contributed by atoms with Crippen LogP contribution in [0.15, 0.2) is 0 Å². The number of amides is 1. The van der Waals surface area contributed by atoms with Crippen LogP contribution in [0.1, 0.15) is 59.3 Å². The van der Waals surface area contributed by atoms with Crippen molar-refractivity contribution < 1.29 is 4.79 Å². The largest absolute Gasteiger partial charge is 0.339 e. The van der Waals surface area contributed by atoms with Gasteiger partial charge < -0.3 is 10.2 Å². The number of rotatable bonds is 6. The summed E-state index contributed by atoms with van der Waals surface area (Å²) < 4.78 is 0. The Labute approximate surface area is 111 Å². The van der Waals surface area contributed by atoms with E-state index < -0.39 is 0 Å². The highest BCUT2D eigenvalue weighted by Gasteiger charge is 2.34. The molecule has 1 saturated heterocycles. The Morgan fingerprint density at radius 1 is 1.22 bits per heavy atom. The fourth-order valence-electron chi connectivity index (χ4n) is 2.76.